The summed E-state index contributed by atoms with van der Waals surface area (Å²) >= 11 is 0. The van der Waals surface area contributed by atoms with E-state index in [4.69, 9.17) is 14.2 Å². The number of halogens is 1. The van der Waals surface area contributed by atoms with Gasteiger partial charge in [0.25, 0.3) is 0 Å². The molecule has 34 heavy (non-hydrogen) atoms. The van der Waals surface area contributed by atoms with E-state index in [9.17, 15) is 4.39 Å². The fraction of sp³-hybridized carbons (Fsp3) is 0.429. The number of hydrogen-bond acceptors (Lipinski definition) is 4. The van der Waals surface area contributed by atoms with Crippen molar-refractivity contribution in [2.24, 2.45) is 0 Å². The summed E-state index contributed by atoms with van der Waals surface area (Å²) in [6.45, 7) is 10.3. The molecule has 2 unspecified atom stereocenters. The van der Waals surface area contributed by atoms with E-state index in [1.807, 2.05) is 24.3 Å². The molecule has 0 spiro atoms. The largest absolute Gasteiger partial charge is 0.467 e. The Hall–Kier alpha value is -2.25. The number of benzene rings is 3. The summed E-state index contributed by atoms with van der Waals surface area (Å²) in [4.78, 5) is 0. The van der Waals surface area contributed by atoms with Gasteiger partial charge in [0.1, 0.15) is 11.6 Å². The van der Waals surface area contributed by atoms with E-state index >= 15 is 0 Å². The van der Waals surface area contributed by atoms with Gasteiger partial charge in [-0.2, -0.15) is 0 Å². The van der Waals surface area contributed by atoms with Gasteiger partial charge in [0.2, 0.25) is 0 Å². The molecule has 1 aliphatic rings. The third kappa shape index (κ3) is 6.89. The first-order valence-corrected chi connectivity index (χ1v) is 15.9. The summed E-state index contributed by atoms with van der Waals surface area (Å²) in [6.07, 6.45) is 1.03. The molecule has 1 saturated heterocycles. The first-order chi connectivity index (χ1) is 16.4. The first-order valence-electron chi connectivity index (χ1n) is 12.2. The van der Waals surface area contributed by atoms with Crippen LogP contribution in [-0.2, 0) is 16.1 Å². The van der Waals surface area contributed by atoms with Gasteiger partial charge in [-0.15, -0.1) is 0 Å². The van der Waals surface area contributed by atoms with Crippen LogP contribution in [0.25, 0.3) is 10.8 Å². The van der Waals surface area contributed by atoms with Crippen LogP contribution in [-0.4, -0.2) is 40.7 Å². The lowest BCUT2D eigenvalue weighted by Crippen LogP contribution is -2.40. The Morgan fingerprint density at radius 3 is 2.65 bits per heavy atom. The number of nitrogens with one attached hydrogen (secondary N) is 1. The molecule has 0 bridgehead atoms. The van der Waals surface area contributed by atoms with Crippen LogP contribution in [0, 0.1) is 5.82 Å². The average molecular weight is 482 g/mol. The van der Waals surface area contributed by atoms with Crippen LogP contribution in [0.5, 0.6) is 5.75 Å². The molecular weight excluding hydrogens is 445 g/mol. The van der Waals surface area contributed by atoms with Crippen LogP contribution in [0.15, 0.2) is 60.7 Å². The monoisotopic (exact) mass is 481 g/mol. The van der Waals surface area contributed by atoms with Crippen molar-refractivity contribution in [3.8, 4) is 5.75 Å². The van der Waals surface area contributed by atoms with Gasteiger partial charge in [0.15, 0.2) is 6.79 Å². The number of rotatable bonds is 10. The van der Waals surface area contributed by atoms with Crippen LogP contribution < -0.4 is 10.1 Å². The molecule has 1 heterocycles. The van der Waals surface area contributed by atoms with Gasteiger partial charge in [0.05, 0.1) is 12.7 Å². The predicted molar refractivity (Wildman–Crippen MR) is 139 cm³/mol. The van der Waals surface area contributed by atoms with E-state index in [0.717, 1.165) is 59.8 Å². The highest BCUT2D eigenvalue weighted by Gasteiger charge is 2.27. The summed E-state index contributed by atoms with van der Waals surface area (Å²) in [6, 6.07) is 20.4. The average Bonchev–Trinajstić information content (AvgIpc) is 2.82. The van der Waals surface area contributed by atoms with Crippen LogP contribution >= 0.6 is 0 Å². The zero-order valence-corrected chi connectivity index (χ0v) is 21.5. The molecule has 0 aliphatic carbocycles. The molecule has 2 atom stereocenters. The third-order valence-electron chi connectivity index (χ3n) is 6.39. The van der Waals surface area contributed by atoms with Crippen molar-refractivity contribution in [3.63, 3.8) is 0 Å². The summed E-state index contributed by atoms with van der Waals surface area (Å²) in [5.41, 5.74) is 2.26. The molecule has 1 fully saturated rings. The van der Waals surface area contributed by atoms with Gasteiger partial charge >= 0.3 is 0 Å². The van der Waals surface area contributed by atoms with Gasteiger partial charge < -0.3 is 19.5 Å². The number of hydrogen-bond donors (Lipinski definition) is 1. The molecule has 6 heteroatoms. The second-order valence-electron chi connectivity index (χ2n) is 10.3. The Balaban J connectivity index is 1.36. The Morgan fingerprint density at radius 2 is 1.85 bits per heavy atom. The standard InChI is InChI=1S/C28H36FNO3Si/c1-34(2,3)16-15-31-20-33-27-6-4-5-23-17-21(7-12-25(23)27)19-32-28-18-30-14-13-26(28)22-8-10-24(29)11-9-22/h4-12,17,26,28,30H,13-16,18-20H2,1-3H3. The van der Waals surface area contributed by atoms with Crippen molar-refractivity contribution in [2.45, 2.75) is 50.7 Å². The second kappa shape index (κ2) is 11.4. The molecule has 1 aliphatic heterocycles. The topological polar surface area (TPSA) is 39.7 Å². The van der Waals surface area contributed by atoms with Gasteiger partial charge in [-0.3, -0.25) is 0 Å². The van der Waals surface area contributed by atoms with Crippen molar-refractivity contribution in [3.05, 3.63) is 77.6 Å². The normalized spacial score (nSPS) is 18.8. The zero-order valence-electron chi connectivity index (χ0n) is 20.5. The molecule has 1 N–H and O–H groups in total. The Bertz CT molecular complexity index is 1070. The molecule has 3 aromatic rings. The summed E-state index contributed by atoms with van der Waals surface area (Å²) < 4.78 is 31.4. The van der Waals surface area contributed by atoms with E-state index in [-0.39, 0.29) is 24.6 Å². The molecule has 0 saturated carbocycles. The maximum atomic E-state index is 13.4. The Labute approximate surface area is 203 Å². The molecule has 182 valence electrons. The Kier molecular flexibility index (Phi) is 8.37. The molecule has 4 nitrogen and oxygen atoms in total. The van der Waals surface area contributed by atoms with Crippen molar-refractivity contribution >= 4 is 18.8 Å². The van der Waals surface area contributed by atoms with Crippen molar-refractivity contribution in [1.29, 1.82) is 0 Å². The van der Waals surface area contributed by atoms with Gasteiger partial charge in [-0.25, -0.2) is 4.39 Å². The van der Waals surface area contributed by atoms with E-state index in [1.54, 1.807) is 0 Å². The van der Waals surface area contributed by atoms with E-state index in [0.29, 0.717) is 6.61 Å². The molecular formula is C28H36FNO3Si. The van der Waals surface area contributed by atoms with E-state index in [2.05, 4.69) is 49.2 Å². The number of piperidine rings is 1. The number of fused-ring (bicyclic) bond motifs is 1. The molecule has 0 aromatic heterocycles. The van der Waals surface area contributed by atoms with E-state index in [1.165, 1.54) is 12.1 Å². The molecule has 0 amide bonds. The van der Waals surface area contributed by atoms with Crippen molar-refractivity contribution in [2.75, 3.05) is 26.5 Å². The highest BCUT2D eigenvalue weighted by Crippen LogP contribution is 2.30. The first kappa shape index (κ1) is 24.9. The summed E-state index contributed by atoms with van der Waals surface area (Å²) in [5, 5.41) is 5.63. The minimum absolute atomic E-state index is 0.0536. The van der Waals surface area contributed by atoms with Crippen molar-refractivity contribution < 1.29 is 18.6 Å². The minimum Gasteiger partial charge on any atom is -0.467 e. The third-order valence-corrected chi connectivity index (χ3v) is 8.09. The van der Waals surface area contributed by atoms with Crippen LogP contribution in [0.4, 0.5) is 4.39 Å². The lowest BCUT2D eigenvalue weighted by Gasteiger charge is -2.32. The smallest absolute Gasteiger partial charge is 0.189 e. The zero-order chi connectivity index (χ0) is 24.0. The minimum atomic E-state index is -1.09. The molecule has 4 rings (SSSR count). The molecule has 0 radical (unpaired) electrons. The second-order valence-corrected chi connectivity index (χ2v) is 15.9. The highest BCUT2D eigenvalue weighted by atomic mass is 28.3. The fourth-order valence-corrected chi connectivity index (χ4v) is 5.12. The van der Waals surface area contributed by atoms with E-state index < -0.39 is 8.07 Å². The van der Waals surface area contributed by atoms with Crippen molar-refractivity contribution in [1.82, 2.24) is 5.32 Å². The quantitative estimate of drug-likeness (QED) is 0.209. The maximum Gasteiger partial charge on any atom is 0.189 e. The predicted octanol–water partition coefficient (Wildman–Crippen LogP) is 6.33. The van der Waals surface area contributed by atoms with Gasteiger partial charge in [0, 0.05) is 32.5 Å². The number of ether oxygens (including phenoxy) is 3. The highest BCUT2D eigenvalue weighted by molar-refractivity contribution is 6.76. The van der Waals surface area contributed by atoms with Crippen LogP contribution in [0.3, 0.4) is 0 Å². The lowest BCUT2D eigenvalue weighted by atomic mass is 9.88. The van der Waals surface area contributed by atoms with Gasteiger partial charge in [-0.05, 0) is 59.8 Å². The molecule has 3 aromatic carbocycles. The SMILES string of the molecule is C[Si](C)(C)CCOCOc1cccc2cc(COC3CNCCC3c3ccc(F)cc3)ccc12. The van der Waals surface area contributed by atoms with Crippen LogP contribution in [0.1, 0.15) is 23.5 Å². The summed E-state index contributed by atoms with van der Waals surface area (Å²) in [5.74, 6) is 0.905. The van der Waals surface area contributed by atoms with Crippen LogP contribution in [0.2, 0.25) is 25.7 Å². The van der Waals surface area contributed by atoms with Gasteiger partial charge in [-0.1, -0.05) is 56.0 Å². The lowest BCUT2D eigenvalue weighted by molar-refractivity contribution is 0.0106. The maximum absolute atomic E-state index is 13.4. The summed E-state index contributed by atoms with van der Waals surface area (Å²) in [7, 11) is -1.09. The Morgan fingerprint density at radius 1 is 1.03 bits per heavy atom. The fourth-order valence-electron chi connectivity index (χ4n) is 4.36.